The molecule has 7 nitrogen and oxygen atoms in total. The Morgan fingerprint density at radius 1 is 1.30 bits per heavy atom. The van der Waals surface area contributed by atoms with E-state index in [1.165, 1.54) is 4.57 Å². The van der Waals surface area contributed by atoms with E-state index < -0.39 is 17.2 Å². The quantitative estimate of drug-likeness (QED) is 0.432. The highest BCUT2D eigenvalue weighted by Crippen LogP contribution is 2.28. The minimum atomic E-state index is -3.20. The Balaban J connectivity index is 0.00000400. The maximum Gasteiger partial charge on any atom is 0.287 e. The van der Waals surface area contributed by atoms with Crippen molar-refractivity contribution >= 4 is 17.5 Å². The lowest BCUT2D eigenvalue weighted by Gasteiger charge is -2.34. The molecule has 3 aromatic heterocycles. The van der Waals surface area contributed by atoms with Crippen LogP contribution < -0.4 is 10.9 Å². The molecule has 0 bridgehead atoms. The molecule has 1 aliphatic rings. The SMILES string of the molecule is C/C=C\C(/C(C)=C\c1nc(C(C)(F)F)cc(=O)n1C)N1CCc2ncc(Nc3ccncc3C)cc2C1.[HH]. The van der Waals surface area contributed by atoms with Crippen LogP contribution in [0.3, 0.4) is 0 Å². The molecule has 9 heteroatoms. The maximum absolute atomic E-state index is 13.9. The largest absolute Gasteiger partial charge is 0.354 e. The first kappa shape index (κ1) is 26.3. The van der Waals surface area contributed by atoms with Crippen LogP contribution in [0.2, 0.25) is 0 Å². The number of pyridine rings is 2. The molecule has 0 saturated heterocycles. The Labute approximate surface area is 217 Å². The molecule has 1 aliphatic heterocycles. The van der Waals surface area contributed by atoms with Crippen LogP contribution in [0.5, 0.6) is 0 Å². The van der Waals surface area contributed by atoms with Gasteiger partial charge in [-0.3, -0.25) is 24.2 Å². The Bertz CT molecular complexity index is 1410. The van der Waals surface area contributed by atoms with Crippen molar-refractivity contribution in [1.29, 1.82) is 0 Å². The van der Waals surface area contributed by atoms with Gasteiger partial charge in [-0.1, -0.05) is 12.2 Å². The summed E-state index contributed by atoms with van der Waals surface area (Å²) in [5, 5.41) is 3.43. The van der Waals surface area contributed by atoms with E-state index in [2.05, 4.69) is 32.3 Å². The molecular formula is C28H34F2N6O. The van der Waals surface area contributed by atoms with Gasteiger partial charge in [0.25, 0.3) is 11.5 Å². The standard InChI is InChI=1S/C28H32F2N6O.H2/c1-6-7-24(18(2)12-26-34-25(28(4,29)30)14-27(37)35(26)5)36-11-9-23-20(17-36)13-21(16-32-23)33-22-8-10-31-15-19(22)3;/h6-8,10,12-16,24H,9,11,17H2,1-5H3,(H,31,33);1H/b7-6-,18-12-;. The van der Waals surface area contributed by atoms with Crippen molar-refractivity contribution in [3.05, 3.63) is 93.2 Å². The van der Waals surface area contributed by atoms with Crippen molar-refractivity contribution in [2.24, 2.45) is 7.05 Å². The van der Waals surface area contributed by atoms with Gasteiger partial charge in [0.05, 0.1) is 11.9 Å². The lowest BCUT2D eigenvalue weighted by molar-refractivity contribution is 0.0123. The van der Waals surface area contributed by atoms with Crippen molar-refractivity contribution < 1.29 is 10.2 Å². The second-order valence-electron chi connectivity index (χ2n) is 9.51. The highest BCUT2D eigenvalue weighted by molar-refractivity contribution is 5.62. The van der Waals surface area contributed by atoms with E-state index in [1.54, 1.807) is 19.3 Å². The average molecular weight is 509 g/mol. The van der Waals surface area contributed by atoms with Crippen LogP contribution >= 0.6 is 0 Å². The molecule has 1 unspecified atom stereocenters. The van der Waals surface area contributed by atoms with Crippen LogP contribution in [0.1, 0.15) is 50.5 Å². The normalized spacial score (nSPS) is 15.6. The summed E-state index contributed by atoms with van der Waals surface area (Å²) in [6.07, 6.45) is 12.0. The number of aromatic nitrogens is 4. The van der Waals surface area contributed by atoms with E-state index >= 15 is 0 Å². The van der Waals surface area contributed by atoms with E-state index in [-0.39, 0.29) is 13.3 Å². The molecule has 0 spiro atoms. The molecule has 0 aliphatic carbocycles. The lowest BCUT2D eigenvalue weighted by atomic mass is 9.99. The number of anilines is 2. The number of fused-ring (bicyclic) bond motifs is 1. The van der Waals surface area contributed by atoms with Crippen molar-refractivity contribution in [3.63, 3.8) is 0 Å². The van der Waals surface area contributed by atoms with E-state index in [1.807, 2.05) is 45.3 Å². The summed E-state index contributed by atoms with van der Waals surface area (Å²) in [5.74, 6) is -2.99. The monoisotopic (exact) mass is 508 g/mol. The Hall–Kier alpha value is -3.72. The van der Waals surface area contributed by atoms with Gasteiger partial charge in [-0.15, -0.1) is 0 Å². The number of alkyl halides is 2. The summed E-state index contributed by atoms with van der Waals surface area (Å²) in [6, 6.07) is 4.85. The average Bonchev–Trinajstić information content (AvgIpc) is 2.85. The molecule has 4 heterocycles. The summed E-state index contributed by atoms with van der Waals surface area (Å²) in [6.45, 7) is 8.09. The van der Waals surface area contributed by atoms with Crippen LogP contribution in [0.25, 0.3) is 6.08 Å². The zero-order valence-corrected chi connectivity index (χ0v) is 21.8. The molecular weight excluding hydrogens is 474 g/mol. The molecule has 0 fully saturated rings. The molecule has 0 aromatic carbocycles. The molecule has 1 N–H and O–H groups in total. The van der Waals surface area contributed by atoms with Gasteiger partial charge >= 0.3 is 0 Å². The number of halogens is 2. The van der Waals surface area contributed by atoms with Crippen molar-refractivity contribution in [1.82, 2.24) is 24.4 Å². The number of nitrogens with zero attached hydrogens (tertiary/aromatic N) is 5. The van der Waals surface area contributed by atoms with Gasteiger partial charge < -0.3 is 5.32 Å². The topological polar surface area (TPSA) is 75.9 Å². The van der Waals surface area contributed by atoms with Gasteiger partial charge in [0.2, 0.25) is 0 Å². The Kier molecular flexibility index (Phi) is 7.63. The number of nitrogens with one attached hydrogen (secondary N) is 1. The summed E-state index contributed by atoms with van der Waals surface area (Å²) in [4.78, 5) is 27.6. The lowest BCUT2D eigenvalue weighted by Crippen LogP contribution is -2.39. The van der Waals surface area contributed by atoms with Crippen molar-refractivity contribution in [2.75, 3.05) is 11.9 Å². The smallest absolute Gasteiger partial charge is 0.287 e. The number of allylic oxidation sites excluding steroid dienone is 1. The molecule has 196 valence electrons. The third-order valence-electron chi connectivity index (χ3n) is 6.58. The number of hydrogen-bond acceptors (Lipinski definition) is 6. The Morgan fingerprint density at radius 3 is 2.78 bits per heavy atom. The summed E-state index contributed by atoms with van der Waals surface area (Å²) in [5.41, 5.74) is 4.97. The minimum Gasteiger partial charge on any atom is -0.354 e. The van der Waals surface area contributed by atoms with Gasteiger partial charge in [-0.2, -0.15) is 8.78 Å². The molecule has 4 rings (SSSR count). The van der Waals surface area contributed by atoms with Crippen LogP contribution in [-0.4, -0.2) is 37.0 Å². The summed E-state index contributed by atoms with van der Waals surface area (Å²) in [7, 11) is 1.54. The summed E-state index contributed by atoms with van der Waals surface area (Å²) >= 11 is 0. The zero-order chi connectivity index (χ0) is 26.7. The molecule has 3 aromatic rings. The van der Waals surface area contributed by atoms with Gasteiger partial charge in [0, 0.05) is 70.8 Å². The summed E-state index contributed by atoms with van der Waals surface area (Å²) < 4.78 is 29.1. The first-order chi connectivity index (χ1) is 17.6. The highest BCUT2D eigenvalue weighted by Gasteiger charge is 2.28. The second kappa shape index (κ2) is 10.7. The molecule has 0 saturated carbocycles. The van der Waals surface area contributed by atoms with Gasteiger partial charge in [0.1, 0.15) is 11.5 Å². The third-order valence-corrected chi connectivity index (χ3v) is 6.58. The molecule has 1 atom stereocenters. The fraction of sp³-hybridized carbons (Fsp3) is 0.357. The first-order valence-corrected chi connectivity index (χ1v) is 12.2. The first-order valence-electron chi connectivity index (χ1n) is 12.2. The number of rotatable bonds is 7. The predicted octanol–water partition coefficient (Wildman–Crippen LogP) is 5.39. The van der Waals surface area contributed by atoms with Gasteiger partial charge in [-0.05, 0) is 55.7 Å². The second-order valence-corrected chi connectivity index (χ2v) is 9.51. The molecule has 37 heavy (non-hydrogen) atoms. The van der Waals surface area contributed by atoms with Crippen LogP contribution in [0.15, 0.2) is 59.3 Å². The van der Waals surface area contributed by atoms with Crippen LogP contribution in [-0.2, 0) is 25.9 Å². The fourth-order valence-electron chi connectivity index (χ4n) is 4.47. The van der Waals surface area contributed by atoms with E-state index in [9.17, 15) is 13.6 Å². The van der Waals surface area contributed by atoms with E-state index in [0.717, 1.165) is 59.7 Å². The van der Waals surface area contributed by atoms with E-state index in [4.69, 9.17) is 4.98 Å². The number of aryl methyl sites for hydroxylation is 1. The van der Waals surface area contributed by atoms with Crippen molar-refractivity contribution in [3.8, 4) is 0 Å². The minimum absolute atomic E-state index is 0. The van der Waals surface area contributed by atoms with Crippen LogP contribution in [0, 0.1) is 6.92 Å². The Morgan fingerprint density at radius 2 is 2.08 bits per heavy atom. The van der Waals surface area contributed by atoms with Gasteiger partial charge in [-0.25, -0.2) is 4.98 Å². The van der Waals surface area contributed by atoms with Gasteiger partial charge in [0.15, 0.2) is 0 Å². The zero-order valence-electron chi connectivity index (χ0n) is 21.8. The van der Waals surface area contributed by atoms with E-state index in [0.29, 0.717) is 6.54 Å². The maximum atomic E-state index is 13.9. The fourth-order valence-corrected chi connectivity index (χ4v) is 4.47. The van der Waals surface area contributed by atoms with Crippen molar-refractivity contribution in [2.45, 2.75) is 52.6 Å². The molecule has 0 radical (unpaired) electrons. The predicted molar refractivity (Wildman–Crippen MR) is 144 cm³/mol. The highest BCUT2D eigenvalue weighted by atomic mass is 19.3. The van der Waals surface area contributed by atoms with Crippen LogP contribution in [0.4, 0.5) is 20.2 Å². The third kappa shape index (κ3) is 5.99. The molecule has 0 amide bonds. The number of hydrogen-bond donors (Lipinski definition) is 1.